The van der Waals surface area contributed by atoms with Crippen LogP contribution >= 0.6 is 0 Å². The second-order valence-corrected chi connectivity index (χ2v) is 6.20. The molecular formula is C14H27N5. The predicted octanol–water partition coefficient (Wildman–Crippen LogP) is 1.36. The Balaban J connectivity index is 2.60. The minimum absolute atomic E-state index is 0.0918. The maximum atomic E-state index is 4.64. The highest BCUT2D eigenvalue weighted by molar-refractivity contribution is 5.35. The predicted molar refractivity (Wildman–Crippen MR) is 80.4 cm³/mol. The molecule has 108 valence electrons. The van der Waals surface area contributed by atoms with Crippen molar-refractivity contribution in [3.63, 3.8) is 0 Å². The lowest BCUT2D eigenvalue weighted by Crippen LogP contribution is -2.35. The SMILES string of the molecule is CN(C)CCN(C)c1cncc(CNC(C)(C)C)n1. The summed E-state index contributed by atoms with van der Waals surface area (Å²) in [4.78, 5) is 13.2. The molecule has 5 heteroatoms. The normalized spacial score (nSPS) is 11.9. The molecule has 0 aromatic carbocycles. The van der Waals surface area contributed by atoms with Crippen molar-refractivity contribution < 1.29 is 0 Å². The molecule has 0 aliphatic heterocycles. The molecule has 1 rings (SSSR count). The number of hydrogen-bond acceptors (Lipinski definition) is 5. The fourth-order valence-corrected chi connectivity index (χ4v) is 1.48. The zero-order chi connectivity index (χ0) is 14.5. The second-order valence-electron chi connectivity index (χ2n) is 6.20. The molecule has 0 radical (unpaired) electrons. The van der Waals surface area contributed by atoms with E-state index in [1.54, 1.807) is 0 Å². The zero-order valence-corrected chi connectivity index (χ0v) is 13.1. The number of nitrogens with one attached hydrogen (secondary N) is 1. The van der Waals surface area contributed by atoms with Crippen molar-refractivity contribution in [3.05, 3.63) is 18.1 Å². The minimum atomic E-state index is 0.0918. The molecule has 1 heterocycles. The highest BCUT2D eigenvalue weighted by Gasteiger charge is 2.10. The Kier molecular flexibility index (Phi) is 5.69. The lowest BCUT2D eigenvalue weighted by Gasteiger charge is -2.22. The first-order chi connectivity index (χ1) is 8.78. The van der Waals surface area contributed by atoms with Crippen LogP contribution in [0.1, 0.15) is 26.5 Å². The van der Waals surface area contributed by atoms with E-state index >= 15 is 0 Å². The van der Waals surface area contributed by atoms with Crippen LogP contribution in [0.5, 0.6) is 0 Å². The first-order valence-corrected chi connectivity index (χ1v) is 6.70. The first kappa shape index (κ1) is 15.9. The maximum absolute atomic E-state index is 4.64. The molecule has 19 heavy (non-hydrogen) atoms. The van der Waals surface area contributed by atoms with Crippen LogP contribution in [-0.2, 0) is 6.54 Å². The Bertz CT molecular complexity index is 384. The van der Waals surface area contributed by atoms with Gasteiger partial charge >= 0.3 is 0 Å². The molecule has 1 aromatic rings. The van der Waals surface area contributed by atoms with Crippen LogP contribution in [0.25, 0.3) is 0 Å². The summed E-state index contributed by atoms with van der Waals surface area (Å²) in [6.07, 6.45) is 3.64. The maximum Gasteiger partial charge on any atom is 0.147 e. The van der Waals surface area contributed by atoms with Gasteiger partial charge in [0.05, 0.1) is 11.9 Å². The van der Waals surface area contributed by atoms with Gasteiger partial charge < -0.3 is 15.1 Å². The van der Waals surface area contributed by atoms with Gasteiger partial charge in [0.2, 0.25) is 0 Å². The molecule has 0 atom stereocenters. The second kappa shape index (κ2) is 6.82. The largest absolute Gasteiger partial charge is 0.357 e. The molecule has 0 aliphatic carbocycles. The summed E-state index contributed by atoms with van der Waals surface area (Å²) < 4.78 is 0. The number of hydrogen-bond donors (Lipinski definition) is 1. The number of likely N-dealkylation sites (N-methyl/N-ethyl adjacent to an activating group) is 2. The molecule has 5 nitrogen and oxygen atoms in total. The summed E-state index contributed by atoms with van der Waals surface area (Å²) in [5, 5.41) is 3.43. The first-order valence-electron chi connectivity index (χ1n) is 6.70. The van der Waals surface area contributed by atoms with E-state index < -0.39 is 0 Å². The molecular weight excluding hydrogens is 238 g/mol. The van der Waals surface area contributed by atoms with Gasteiger partial charge in [-0.05, 0) is 34.9 Å². The van der Waals surface area contributed by atoms with E-state index in [-0.39, 0.29) is 5.54 Å². The van der Waals surface area contributed by atoms with Gasteiger partial charge in [-0.2, -0.15) is 0 Å². The van der Waals surface area contributed by atoms with Crippen LogP contribution in [0.15, 0.2) is 12.4 Å². The van der Waals surface area contributed by atoms with Gasteiger partial charge in [-0.1, -0.05) is 0 Å². The molecule has 1 N–H and O–H groups in total. The average molecular weight is 265 g/mol. The van der Waals surface area contributed by atoms with Crippen LogP contribution in [-0.4, -0.2) is 54.6 Å². The summed E-state index contributed by atoms with van der Waals surface area (Å²) >= 11 is 0. The van der Waals surface area contributed by atoms with E-state index in [9.17, 15) is 0 Å². The summed E-state index contributed by atoms with van der Waals surface area (Å²) in [7, 11) is 6.20. The Morgan fingerprint density at radius 3 is 2.37 bits per heavy atom. The van der Waals surface area contributed by atoms with Crippen molar-refractivity contribution in [2.45, 2.75) is 32.9 Å². The number of anilines is 1. The van der Waals surface area contributed by atoms with Gasteiger partial charge in [0, 0.05) is 38.4 Å². The smallest absolute Gasteiger partial charge is 0.147 e. The van der Waals surface area contributed by atoms with Crippen LogP contribution in [0.4, 0.5) is 5.82 Å². The van der Waals surface area contributed by atoms with Crippen molar-refractivity contribution in [2.75, 3.05) is 39.1 Å². The summed E-state index contributed by atoms with van der Waals surface area (Å²) in [6, 6.07) is 0. The third-order valence-corrected chi connectivity index (χ3v) is 2.75. The van der Waals surface area contributed by atoms with E-state index in [0.29, 0.717) is 0 Å². The lowest BCUT2D eigenvalue weighted by atomic mass is 10.1. The molecule has 0 bridgehead atoms. The van der Waals surface area contributed by atoms with Crippen molar-refractivity contribution in [2.24, 2.45) is 0 Å². The summed E-state index contributed by atoms with van der Waals surface area (Å²) in [5.74, 6) is 0.926. The monoisotopic (exact) mass is 265 g/mol. The van der Waals surface area contributed by atoms with Crippen molar-refractivity contribution >= 4 is 5.82 Å². The molecule has 0 amide bonds. The van der Waals surface area contributed by atoms with Gasteiger partial charge in [0.1, 0.15) is 5.82 Å². The molecule has 0 unspecified atom stereocenters. The fraction of sp³-hybridized carbons (Fsp3) is 0.714. The Morgan fingerprint density at radius 2 is 1.79 bits per heavy atom. The highest BCUT2D eigenvalue weighted by Crippen LogP contribution is 2.08. The average Bonchev–Trinajstić information content (AvgIpc) is 2.33. The number of rotatable bonds is 6. The van der Waals surface area contributed by atoms with Crippen LogP contribution in [0.2, 0.25) is 0 Å². The molecule has 0 aliphatic rings. The van der Waals surface area contributed by atoms with Gasteiger partial charge in [0.15, 0.2) is 0 Å². The third-order valence-electron chi connectivity index (χ3n) is 2.75. The van der Waals surface area contributed by atoms with E-state index in [2.05, 4.69) is 67.0 Å². The number of nitrogens with zero attached hydrogens (tertiary/aromatic N) is 4. The Hall–Kier alpha value is -1.20. The van der Waals surface area contributed by atoms with Crippen LogP contribution < -0.4 is 10.2 Å². The van der Waals surface area contributed by atoms with E-state index in [0.717, 1.165) is 31.1 Å². The Morgan fingerprint density at radius 1 is 1.11 bits per heavy atom. The van der Waals surface area contributed by atoms with Gasteiger partial charge in [-0.25, -0.2) is 4.98 Å². The fourth-order valence-electron chi connectivity index (χ4n) is 1.48. The lowest BCUT2D eigenvalue weighted by molar-refractivity contribution is 0.415. The molecule has 0 spiro atoms. The van der Waals surface area contributed by atoms with Crippen LogP contribution in [0.3, 0.4) is 0 Å². The highest BCUT2D eigenvalue weighted by atomic mass is 15.2. The minimum Gasteiger partial charge on any atom is -0.357 e. The zero-order valence-electron chi connectivity index (χ0n) is 13.1. The molecule has 1 aromatic heterocycles. The van der Waals surface area contributed by atoms with Crippen molar-refractivity contribution in [3.8, 4) is 0 Å². The van der Waals surface area contributed by atoms with E-state index in [1.165, 1.54) is 0 Å². The number of aromatic nitrogens is 2. The van der Waals surface area contributed by atoms with Crippen molar-refractivity contribution in [1.82, 2.24) is 20.2 Å². The van der Waals surface area contributed by atoms with Gasteiger partial charge in [0.25, 0.3) is 0 Å². The third kappa shape index (κ3) is 6.50. The van der Waals surface area contributed by atoms with Gasteiger partial charge in [-0.3, -0.25) is 4.98 Å². The molecule has 0 fully saturated rings. The summed E-state index contributed by atoms with van der Waals surface area (Å²) in [6.45, 7) is 9.13. The quantitative estimate of drug-likeness (QED) is 0.841. The van der Waals surface area contributed by atoms with E-state index in [1.807, 2.05) is 12.4 Å². The van der Waals surface area contributed by atoms with Gasteiger partial charge in [-0.15, -0.1) is 0 Å². The standard InChI is InChI=1S/C14H27N5/c1-14(2,3)16-10-12-9-15-11-13(17-12)19(6)8-7-18(4)5/h9,11,16H,7-8,10H2,1-6H3. The molecule has 0 saturated carbocycles. The van der Waals surface area contributed by atoms with E-state index in [4.69, 9.17) is 0 Å². The molecule has 0 saturated heterocycles. The topological polar surface area (TPSA) is 44.3 Å². The Labute approximate surface area is 117 Å². The van der Waals surface area contributed by atoms with Crippen LogP contribution in [0, 0.1) is 0 Å². The van der Waals surface area contributed by atoms with Crippen molar-refractivity contribution in [1.29, 1.82) is 0 Å². The summed E-state index contributed by atoms with van der Waals surface area (Å²) in [5.41, 5.74) is 1.07.